The molecule has 0 aromatic heterocycles. The molecule has 4 atom stereocenters. The monoisotopic (exact) mass is 277 g/mol. The fourth-order valence-corrected chi connectivity index (χ4v) is 4.19. The lowest BCUT2D eigenvalue weighted by molar-refractivity contribution is -0.146. The first-order valence-corrected chi connectivity index (χ1v) is 7.20. The number of hydrogen-bond acceptors (Lipinski definition) is 2. The maximum atomic E-state index is 12.9. The first-order valence-electron chi connectivity index (χ1n) is 7.20. The van der Waals surface area contributed by atoms with Crippen molar-refractivity contribution < 1.29 is 14.3 Å². The zero-order valence-electron chi connectivity index (χ0n) is 11.6. The Morgan fingerprint density at radius 3 is 2.80 bits per heavy atom. The molecule has 2 aliphatic rings. The van der Waals surface area contributed by atoms with Crippen LogP contribution in [0, 0.1) is 23.1 Å². The lowest BCUT2D eigenvalue weighted by atomic mass is 9.74. The summed E-state index contributed by atoms with van der Waals surface area (Å²) < 4.78 is 12.9. The Labute approximate surface area is 118 Å². The lowest BCUT2D eigenvalue weighted by Gasteiger charge is -2.34. The van der Waals surface area contributed by atoms with Crippen LogP contribution in [0.15, 0.2) is 24.3 Å². The Morgan fingerprint density at radius 2 is 2.15 bits per heavy atom. The van der Waals surface area contributed by atoms with Gasteiger partial charge in [0.05, 0.1) is 5.92 Å². The lowest BCUT2D eigenvalue weighted by Crippen LogP contribution is -2.46. The maximum absolute atomic E-state index is 12.9. The molecule has 0 spiro atoms. The molecule has 0 aliphatic heterocycles. The molecule has 3 nitrogen and oxygen atoms in total. The molecule has 3 rings (SSSR count). The van der Waals surface area contributed by atoms with Crippen molar-refractivity contribution in [3.05, 3.63) is 35.6 Å². The van der Waals surface area contributed by atoms with Gasteiger partial charge in [-0.25, -0.2) is 4.39 Å². The number of aliphatic carboxylic acids is 1. The van der Waals surface area contributed by atoms with Gasteiger partial charge < -0.3 is 10.4 Å². The average molecular weight is 277 g/mol. The first kappa shape index (κ1) is 13.6. The molecule has 0 saturated heterocycles. The highest BCUT2D eigenvalue weighted by atomic mass is 19.1. The molecule has 20 heavy (non-hydrogen) atoms. The summed E-state index contributed by atoms with van der Waals surface area (Å²) in [7, 11) is 0. The van der Waals surface area contributed by atoms with Crippen molar-refractivity contribution in [3.8, 4) is 0 Å². The predicted octanol–water partition coefficient (Wildman–Crippen LogP) is 2.80. The molecule has 4 heteroatoms. The number of nitrogens with one attached hydrogen (secondary N) is 1. The fourth-order valence-electron chi connectivity index (χ4n) is 4.19. The number of benzene rings is 1. The van der Waals surface area contributed by atoms with Crippen LogP contribution in [0.4, 0.5) is 4.39 Å². The van der Waals surface area contributed by atoms with Crippen molar-refractivity contribution in [2.24, 2.45) is 17.3 Å². The van der Waals surface area contributed by atoms with Gasteiger partial charge in [-0.1, -0.05) is 19.1 Å². The second-order valence-corrected chi connectivity index (χ2v) is 6.51. The van der Waals surface area contributed by atoms with E-state index in [9.17, 15) is 14.3 Å². The van der Waals surface area contributed by atoms with Crippen LogP contribution in [0.25, 0.3) is 0 Å². The summed E-state index contributed by atoms with van der Waals surface area (Å²) in [6.07, 6.45) is 3.13. The van der Waals surface area contributed by atoms with Crippen molar-refractivity contribution >= 4 is 5.97 Å². The summed E-state index contributed by atoms with van der Waals surface area (Å²) in [6.45, 7) is 2.70. The quantitative estimate of drug-likeness (QED) is 0.889. The highest BCUT2D eigenvalue weighted by Crippen LogP contribution is 2.57. The Morgan fingerprint density at radius 1 is 1.45 bits per heavy atom. The van der Waals surface area contributed by atoms with Gasteiger partial charge in [0.25, 0.3) is 0 Å². The van der Waals surface area contributed by atoms with Crippen LogP contribution in [0.2, 0.25) is 0 Å². The van der Waals surface area contributed by atoms with Gasteiger partial charge >= 0.3 is 5.97 Å². The maximum Gasteiger partial charge on any atom is 0.308 e. The zero-order chi connectivity index (χ0) is 14.3. The molecule has 2 fully saturated rings. The van der Waals surface area contributed by atoms with E-state index in [1.807, 2.05) is 0 Å². The topological polar surface area (TPSA) is 49.3 Å². The van der Waals surface area contributed by atoms with Crippen molar-refractivity contribution in [1.82, 2.24) is 5.32 Å². The molecule has 1 aromatic rings. The Kier molecular flexibility index (Phi) is 3.28. The zero-order valence-corrected chi connectivity index (χ0v) is 11.6. The van der Waals surface area contributed by atoms with E-state index in [-0.39, 0.29) is 23.2 Å². The number of carboxylic acids is 1. The van der Waals surface area contributed by atoms with Crippen LogP contribution in [0.5, 0.6) is 0 Å². The third kappa shape index (κ3) is 2.22. The molecule has 2 aliphatic carbocycles. The summed E-state index contributed by atoms with van der Waals surface area (Å²) in [5, 5.41) is 12.9. The number of fused-ring (bicyclic) bond motifs is 2. The third-order valence-electron chi connectivity index (χ3n) is 5.15. The Hall–Kier alpha value is -1.42. The van der Waals surface area contributed by atoms with Crippen LogP contribution in [-0.2, 0) is 11.3 Å². The minimum absolute atomic E-state index is 0.0382. The van der Waals surface area contributed by atoms with Crippen molar-refractivity contribution in [1.29, 1.82) is 0 Å². The largest absolute Gasteiger partial charge is 0.481 e. The highest BCUT2D eigenvalue weighted by Gasteiger charge is 2.57. The second kappa shape index (κ2) is 4.85. The van der Waals surface area contributed by atoms with Crippen molar-refractivity contribution in [3.63, 3.8) is 0 Å². The van der Waals surface area contributed by atoms with E-state index in [4.69, 9.17) is 0 Å². The number of carbonyl (C=O) groups is 1. The molecule has 2 bridgehead atoms. The molecule has 2 saturated carbocycles. The van der Waals surface area contributed by atoms with E-state index < -0.39 is 5.97 Å². The molecule has 0 amide bonds. The van der Waals surface area contributed by atoms with E-state index in [1.165, 1.54) is 12.1 Å². The SMILES string of the molecule is C[C@@]12CC[C@@H](C1)[C@@H](NCc1ccc(F)cc1)[C@H]2C(=O)O. The molecular formula is C16H20FNO2. The van der Waals surface area contributed by atoms with Gasteiger partial charge in [0.15, 0.2) is 0 Å². The highest BCUT2D eigenvalue weighted by molar-refractivity contribution is 5.73. The molecule has 0 radical (unpaired) electrons. The smallest absolute Gasteiger partial charge is 0.308 e. The third-order valence-corrected chi connectivity index (χ3v) is 5.15. The summed E-state index contributed by atoms with van der Waals surface area (Å²) in [4.78, 5) is 11.6. The predicted molar refractivity (Wildman–Crippen MR) is 73.6 cm³/mol. The normalized spacial score (nSPS) is 35.4. The number of rotatable bonds is 4. The van der Waals surface area contributed by atoms with E-state index in [1.54, 1.807) is 12.1 Å². The van der Waals surface area contributed by atoms with E-state index in [2.05, 4.69) is 12.2 Å². The van der Waals surface area contributed by atoms with Gasteiger partial charge in [0, 0.05) is 12.6 Å². The standard InChI is InChI=1S/C16H20FNO2/c1-16-7-6-11(8-16)14(13(16)15(19)20)18-9-10-2-4-12(17)5-3-10/h2-5,11,13-14,18H,6-9H2,1H3,(H,19,20)/t11-,13-,14+,16+/m0/s1. The molecule has 2 N–H and O–H groups in total. The Bertz CT molecular complexity index is 516. The van der Waals surface area contributed by atoms with Crippen LogP contribution < -0.4 is 5.32 Å². The molecule has 108 valence electrons. The molecule has 1 aromatic carbocycles. The van der Waals surface area contributed by atoms with Crippen LogP contribution in [0.1, 0.15) is 31.7 Å². The fraction of sp³-hybridized carbons (Fsp3) is 0.562. The number of carboxylic acid groups (broad SMARTS) is 1. The van der Waals surface area contributed by atoms with Crippen molar-refractivity contribution in [2.45, 2.75) is 38.8 Å². The summed E-state index contributed by atoms with van der Waals surface area (Å²) >= 11 is 0. The van der Waals surface area contributed by atoms with E-state index in [0.29, 0.717) is 12.5 Å². The van der Waals surface area contributed by atoms with Crippen LogP contribution in [-0.4, -0.2) is 17.1 Å². The minimum atomic E-state index is -0.689. The van der Waals surface area contributed by atoms with Gasteiger partial charge in [-0.15, -0.1) is 0 Å². The van der Waals surface area contributed by atoms with E-state index >= 15 is 0 Å². The summed E-state index contributed by atoms with van der Waals surface area (Å²) in [6, 6.07) is 6.40. The summed E-state index contributed by atoms with van der Waals surface area (Å²) in [5.74, 6) is -0.779. The van der Waals surface area contributed by atoms with Crippen molar-refractivity contribution in [2.75, 3.05) is 0 Å². The van der Waals surface area contributed by atoms with Gasteiger partial charge in [-0.3, -0.25) is 4.79 Å². The van der Waals surface area contributed by atoms with Crippen LogP contribution >= 0.6 is 0 Å². The van der Waals surface area contributed by atoms with Gasteiger partial charge in [0.2, 0.25) is 0 Å². The second-order valence-electron chi connectivity index (χ2n) is 6.51. The minimum Gasteiger partial charge on any atom is -0.481 e. The van der Waals surface area contributed by atoms with Gasteiger partial charge in [-0.05, 0) is 48.3 Å². The number of hydrogen-bond donors (Lipinski definition) is 2. The van der Waals surface area contributed by atoms with Gasteiger partial charge in [0.1, 0.15) is 5.82 Å². The first-order chi connectivity index (χ1) is 9.49. The summed E-state index contributed by atoms with van der Waals surface area (Å²) in [5.41, 5.74) is 0.931. The van der Waals surface area contributed by atoms with Gasteiger partial charge in [-0.2, -0.15) is 0 Å². The Balaban J connectivity index is 1.70. The number of halogens is 1. The van der Waals surface area contributed by atoms with Crippen LogP contribution in [0.3, 0.4) is 0 Å². The molecule has 0 unspecified atom stereocenters. The average Bonchev–Trinajstić information content (AvgIpc) is 2.91. The van der Waals surface area contributed by atoms with E-state index in [0.717, 1.165) is 24.8 Å². The molecule has 0 heterocycles. The molecular weight excluding hydrogens is 257 g/mol.